The van der Waals surface area contributed by atoms with Gasteiger partial charge in [0.15, 0.2) is 12.2 Å². The van der Waals surface area contributed by atoms with Gasteiger partial charge in [0.25, 0.3) is 5.91 Å². The van der Waals surface area contributed by atoms with Crippen LogP contribution in [0.5, 0.6) is 0 Å². The Labute approximate surface area is 191 Å². The summed E-state index contributed by atoms with van der Waals surface area (Å²) in [5, 5.41) is 14.4. The Kier molecular flexibility index (Phi) is 8.03. The van der Waals surface area contributed by atoms with Crippen molar-refractivity contribution >= 4 is 27.8 Å². The molecule has 1 saturated heterocycles. The number of hydrogen-bond acceptors (Lipinski definition) is 6. The predicted molar refractivity (Wildman–Crippen MR) is 114 cm³/mol. The summed E-state index contributed by atoms with van der Waals surface area (Å²) in [4.78, 5) is 36.2. The predicted octanol–water partition coefficient (Wildman–Crippen LogP) is 0.672. The number of carboxylic acids is 1. The number of rotatable bonds is 11. The first-order chi connectivity index (χ1) is 15.6. The molecular weight excluding hydrogens is 457 g/mol. The highest BCUT2D eigenvalue weighted by Crippen LogP contribution is 2.30. The highest BCUT2D eigenvalue weighted by atomic mass is 32.2. The van der Waals surface area contributed by atoms with Crippen LogP contribution in [0.3, 0.4) is 0 Å². The molecule has 2 unspecified atom stereocenters. The summed E-state index contributed by atoms with van der Waals surface area (Å²) in [5.41, 5.74) is -1.10. The minimum Gasteiger partial charge on any atom is -0.479 e. The Morgan fingerprint density at radius 3 is 2.27 bits per heavy atom. The van der Waals surface area contributed by atoms with E-state index in [-0.39, 0.29) is 23.9 Å². The van der Waals surface area contributed by atoms with E-state index in [1.807, 2.05) is 0 Å². The minimum atomic E-state index is -3.74. The molecule has 10 nitrogen and oxygen atoms in total. The first kappa shape index (κ1) is 25.1. The molecule has 3 rings (SSSR count). The van der Waals surface area contributed by atoms with Crippen LogP contribution in [-0.2, 0) is 29.1 Å². The number of sulfonamides is 1. The van der Waals surface area contributed by atoms with Crippen molar-refractivity contribution in [3.05, 3.63) is 30.1 Å². The smallest absolute Gasteiger partial charge is 0.336 e. The lowest BCUT2D eigenvalue weighted by Gasteiger charge is -2.36. The maximum atomic E-state index is 13.0. The van der Waals surface area contributed by atoms with Crippen molar-refractivity contribution in [2.24, 2.45) is 0 Å². The van der Waals surface area contributed by atoms with Crippen molar-refractivity contribution in [2.45, 2.75) is 67.6 Å². The third kappa shape index (κ3) is 6.49. The number of hydrogen-bond donors (Lipinski definition) is 4. The van der Waals surface area contributed by atoms with Gasteiger partial charge < -0.3 is 20.5 Å². The SMILES string of the molecule is O=C(O)C1OC1C(=O)NC1(C(=O)NCCCCNS(=O)(=O)c2ccc(F)cc2)CCCCC1. The number of aliphatic carboxylic acids is 1. The van der Waals surface area contributed by atoms with E-state index in [1.165, 1.54) is 12.1 Å². The van der Waals surface area contributed by atoms with E-state index in [1.54, 1.807) is 0 Å². The molecule has 1 aromatic carbocycles. The maximum absolute atomic E-state index is 13.0. The topological polar surface area (TPSA) is 154 Å². The summed E-state index contributed by atoms with van der Waals surface area (Å²) in [6, 6.07) is 4.50. The van der Waals surface area contributed by atoms with Gasteiger partial charge in [-0.05, 0) is 49.9 Å². The lowest BCUT2D eigenvalue weighted by molar-refractivity contribution is -0.138. The lowest BCUT2D eigenvalue weighted by atomic mass is 9.80. The number of halogens is 1. The number of amides is 2. The molecular formula is C21H28FN3O7S. The van der Waals surface area contributed by atoms with Crippen LogP contribution >= 0.6 is 0 Å². The van der Waals surface area contributed by atoms with Crippen LogP contribution in [0.1, 0.15) is 44.9 Å². The number of epoxide rings is 1. The van der Waals surface area contributed by atoms with Crippen LogP contribution in [0.25, 0.3) is 0 Å². The van der Waals surface area contributed by atoms with Crippen LogP contribution in [-0.4, -0.2) is 62.1 Å². The molecule has 0 aromatic heterocycles. The van der Waals surface area contributed by atoms with Gasteiger partial charge in [0.2, 0.25) is 15.9 Å². The number of nitrogens with one attached hydrogen (secondary N) is 3. The summed E-state index contributed by atoms with van der Waals surface area (Å²) in [6.45, 7) is 0.430. The molecule has 2 atom stereocenters. The number of carbonyl (C=O) groups excluding carboxylic acids is 2. The minimum absolute atomic E-state index is 0.0306. The van der Waals surface area contributed by atoms with E-state index in [2.05, 4.69) is 15.4 Å². The van der Waals surface area contributed by atoms with Crippen molar-refractivity contribution in [3.8, 4) is 0 Å². The van der Waals surface area contributed by atoms with E-state index < -0.39 is 45.5 Å². The van der Waals surface area contributed by atoms with Crippen molar-refractivity contribution < 1.29 is 37.0 Å². The fourth-order valence-corrected chi connectivity index (χ4v) is 4.97. The van der Waals surface area contributed by atoms with Gasteiger partial charge in [-0.3, -0.25) is 9.59 Å². The number of ether oxygens (including phenoxy) is 1. The van der Waals surface area contributed by atoms with E-state index in [0.717, 1.165) is 31.4 Å². The largest absolute Gasteiger partial charge is 0.479 e. The molecule has 1 aliphatic carbocycles. The summed E-state index contributed by atoms with van der Waals surface area (Å²) in [7, 11) is -3.74. The zero-order valence-corrected chi connectivity index (χ0v) is 18.8. The molecule has 1 aromatic rings. The standard InChI is InChI=1S/C21H28FN3O7S/c22-14-6-8-15(9-7-14)33(30,31)24-13-5-4-12-23-20(29)21(10-2-1-3-11-21)25-18(26)16-17(32-16)19(27)28/h6-9,16-17,24H,1-5,10-13H2,(H,23,29)(H,25,26)(H,27,28). The van der Waals surface area contributed by atoms with Gasteiger partial charge >= 0.3 is 5.97 Å². The molecule has 182 valence electrons. The Morgan fingerprint density at radius 2 is 1.67 bits per heavy atom. The van der Waals surface area contributed by atoms with Crippen LogP contribution in [0.4, 0.5) is 4.39 Å². The molecule has 0 bridgehead atoms. The molecule has 1 heterocycles. The third-order valence-electron chi connectivity index (χ3n) is 5.80. The fourth-order valence-electron chi connectivity index (χ4n) is 3.90. The fraction of sp³-hybridized carbons (Fsp3) is 0.571. The Morgan fingerprint density at radius 1 is 1.03 bits per heavy atom. The lowest BCUT2D eigenvalue weighted by Crippen LogP contribution is -2.60. The summed E-state index contributed by atoms with van der Waals surface area (Å²) in [6.07, 6.45) is 2.05. The third-order valence-corrected chi connectivity index (χ3v) is 7.28. The molecule has 12 heteroatoms. The zero-order valence-electron chi connectivity index (χ0n) is 18.0. The van der Waals surface area contributed by atoms with Crippen LogP contribution in [0.2, 0.25) is 0 Å². The van der Waals surface area contributed by atoms with E-state index >= 15 is 0 Å². The van der Waals surface area contributed by atoms with Crippen molar-refractivity contribution in [1.82, 2.24) is 15.4 Å². The molecule has 0 radical (unpaired) electrons. The second-order valence-electron chi connectivity index (χ2n) is 8.26. The monoisotopic (exact) mass is 485 g/mol. The van der Waals surface area contributed by atoms with Gasteiger partial charge in [-0.25, -0.2) is 22.3 Å². The van der Waals surface area contributed by atoms with Gasteiger partial charge in [0, 0.05) is 13.1 Å². The van der Waals surface area contributed by atoms with Gasteiger partial charge in [-0.1, -0.05) is 19.3 Å². The highest BCUT2D eigenvalue weighted by molar-refractivity contribution is 7.89. The van der Waals surface area contributed by atoms with E-state index in [4.69, 9.17) is 9.84 Å². The molecule has 0 spiro atoms. The van der Waals surface area contributed by atoms with Crippen LogP contribution < -0.4 is 15.4 Å². The molecule has 2 aliphatic rings. The number of carboxylic acid groups (broad SMARTS) is 1. The molecule has 33 heavy (non-hydrogen) atoms. The average molecular weight is 486 g/mol. The van der Waals surface area contributed by atoms with Crippen LogP contribution in [0, 0.1) is 5.82 Å². The average Bonchev–Trinajstić information content (AvgIpc) is 3.58. The number of benzene rings is 1. The maximum Gasteiger partial charge on any atom is 0.336 e. The first-order valence-corrected chi connectivity index (χ1v) is 12.4. The molecule has 1 aliphatic heterocycles. The first-order valence-electron chi connectivity index (χ1n) is 10.9. The second-order valence-corrected chi connectivity index (χ2v) is 10.0. The van der Waals surface area contributed by atoms with Crippen molar-refractivity contribution in [2.75, 3.05) is 13.1 Å². The normalized spacial score (nSPS) is 21.7. The van der Waals surface area contributed by atoms with Gasteiger partial charge in [0.05, 0.1) is 4.90 Å². The van der Waals surface area contributed by atoms with Gasteiger partial charge in [-0.2, -0.15) is 0 Å². The number of unbranched alkanes of at least 4 members (excludes halogenated alkanes) is 1. The molecule has 2 amide bonds. The molecule has 2 fully saturated rings. The molecule has 4 N–H and O–H groups in total. The number of carbonyl (C=O) groups is 3. The zero-order chi connectivity index (χ0) is 24.1. The van der Waals surface area contributed by atoms with E-state index in [9.17, 15) is 27.2 Å². The van der Waals surface area contributed by atoms with Crippen molar-refractivity contribution in [3.63, 3.8) is 0 Å². The quantitative estimate of drug-likeness (QED) is 0.265. The Hall–Kier alpha value is -2.57. The highest BCUT2D eigenvalue weighted by Gasteiger charge is 2.53. The summed E-state index contributed by atoms with van der Waals surface area (Å²) < 4.78 is 44.6. The Balaban J connectivity index is 1.43. The summed E-state index contributed by atoms with van der Waals surface area (Å²) >= 11 is 0. The van der Waals surface area contributed by atoms with E-state index in [0.29, 0.717) is 25.7 Å². The van der Waals surface area contributed by atoms with Gasteiger partial charge in [-0.15, -0.1) is 0 Å². The summed E-state index contributed by atoms with van der Waals surface area (Å²) in [5.74, 6) is -2.68. The molecule has 1 saturated carbocycles. The van der Waals surface area contributed by atoms with Crippen LogP contribution in [0.15, 0.2) is 29.2 Å². The Bertz CT molecular complexity index is 978. The second kappa shape index (κ2) is 10.6. The van der Waals surface area contributed by atoms with Gasteiger partial charge in [0.1, 0.15) is 11.4 Å². The van der Waals surface area contributed by atoms with Crippen molar-refractivity contribution in [1.29, 1.82) is 0 Å².